The Hall–Kier alpha value is -1.58. The number of hydrogen-bond donors (Lipinski definition) is 2. The molecule has 1 unspecified atom stereocenters. The van der Waals surface area contributed by atoms with Gasteiger partial charge in [0.05, 0.1) is 12.1 Å². The van der Waals surface area contributed by atoms with Gasteiger partial charge >= 0.3 is 0 Å². The Balaban J connectivity index is 2.22. The molecule has 2 aromatic rings. The predicted molar refractivity (Wildman–Crippen MR) is 74.0 cm³/mol. The average molecular weight is 245 g/mol. The maximum absolute atomic E-state index is 9.33. The van der Waals surface area contributed by atoms with Gasteiger partial charge in [-0.1, -0.05) is 36.4 Å². The first kappa shape index (κ1) is 12.9. The van der Waals surface area contributed by atoms with Gasteiger partial charge in [-0.25, -0.2) is 0 Å². The maximum Gasteiger partial charge on any atom is 0.127 e. The van der Waals surface area contributed by atoms with E-state index in [9.17, 15) is 5.11 Å². The van der Waals surface area contributed by atoms with Crippen LogP contribution in [0.15, 0.2) is 42.5 Å². The van der Waals surface area contributed by atoms with E-state index in [4.69, 9.17) is 4.74 Å². The lowest BCUT2D eigenvalue weighted by atomic mass is 10.1. The number of fused-ring (bicyclic) bond motifs is 1. The van der Waals surface area contributed by atoms with E-state index >= 15 is 0 Å². The summed E-state index contributed by atoms with van der Waals surface area (Å²) in [5.41, 5.74) is -0.420. The number of aliphatic hydroxyl groups is 1. The predicted octanol–water partition coefficient (Wildman–Crippen LogP) is 2.19. The van der Waals surface area contributed by atoms with E-state index in [0.29, 0.717) is 6.61 Å². The molecule has 18 heavy (non-hydrogen) atoms. The van der Waals surface area contributed by atoms with Crippen molar-refractivity contribution < 1.29 is 9.84 Å². The van der Waals surface area contributed by atoms with Gasteiger partial charge in [-0.05, 0) is 25.4 Å². The molecule has 2 rings (SSSR count). The summed E-state index contributed by atoms with van der Waals surface area (Å²) in [4.78, 5) is 0. The fourth-order valence-corrected chi connectivity index (χ4v) is 1.76. The third kappa shape index (κ3) is 2.63. The Labute approximate surface area is 107 Å². The lowest BCUT2D eigenvalue weighted by Crippen LogP contribution is -2.48. The number of nitrogens with one attached hydrogen (secondary N) is 1. The minimum Gasteiger partial charge on any atom is -0.491 e. The normalized spacial score (nSPS) is 14.4. The third-order valence-electron chi connectivity index (χ3n) is 3.25. The summed E-state index contributed by atoms with van der Waals surface area (Å²) in [5, 5.41) is 14.7. The zero-order chi connectivity index (χ0) is 13.0. The standard InChI is InChI=1S/C15H19NO2/c1-15(10-17,16-2)11-18-14-9-5-7-12-6-3-4-8-13(12)14/h3-9,16-17H,10-11H2,1-2H3. The fourth-order valence-electron chi connectivity index (χ4n) is 1.76. The monoisotopic (exact) mass is 245 g/mol. The summed E-state index contributed by atoms with van der Waals surface area (Å²) in [6.07, 6.45) is 0. The smallest absolute Gasteiger partial charge is 0.127 e. The Morgan fingerprint density at radius 2 is 1.89 bits per heavy atom. The molecule has 0 spiro atoms. The third-order valence-corrected chi connectivity index (χ3v) is 3.25. The molecular formula is C15H19NO2. The van der Waals surface area contributed by atoms with Crippen molar-refractivity contribution in [3.8, 4) is 5.75 Å². The summed E-state index contributed by atoms with van der Waals surface area (Å²) in [5.74, 6) is 0.850. The second-order valence-electron chi connectivity index (χ2n) is 4.73. The van der Waals surface area contributed by atoms with Gasteiger partial charge in [0.25, 0.3) is 0 Å². The fraction of sp³-hybridized carbons (Fsp3) is 0.333. The van der Waals surface area contributed by atoms with E-state index in [0.717, 1.165) is 16.5 Å². The van der Waals surface area contributed by atoms with Crippen LogP contribution in [0.2, 0.25) is 0 Å². The highest BCUT2D eigenvalue weighted by Gasteiger charge is 2.21. The van der Waals surface area contributed by atoms with E-state index in [1.54, 1.807) is 0 Å². The van der Waals surface area contributed by atoms with Gasteiger partial charge in [0.2, 0.25) is 0 Å². The highest BCUT2D eigenvalue weighted by molar-refractivity contribution is 5.88. The van der Waals surface area contributed by atoms with Crippen molar-refractivity contribution in [1.29, 1.82) is 0 Å². The summed E-state index contributed by atoms with van der Waals surface area (Å²) < 4.78 is 5.84. The van der Waals surface area contributed by atoms with E-state index in [-0.39, 0.29) is 6.61 Å². The van der Waals surface area contributed by atoms with Crippen molar-refractivity contribution in [3.63, 3.8) is 0 Å². The molecule has 2 aromatic carbocycles. The molecule has 0 aliphatic carbocycles. The number of hydrogen-bond acceptors (Lipinski definition) is 3. The molecule has 0 heterocycles. The van der Waals surface area contributed by atoms with Crippen LogP contribution < -0.4 is 10.1 Å². The highest BCUT2D eigenvalue weighted by Crippen LogP contribution is 2.25. The number of rotatable bonds is 5. The van der Waals surface area contributed by atoms with Crippen molar-refractivity contribution >= 4 is 10.8 Å². The zero-order valence-electron chi connectivity index (χ0n) is 10.8. The maximum atomic E-state index is 9.33. The van der Waals surface area contributed by atoms with Crippen LogP contribution in [0.4, 0.5) is 0 Å². The van der Waals surface area contributed by atoms with E-state index in [2.05, 4.69) is 17.4 Å². The van der Waals surface area contributed by atoms with Crippen molar-refractivity contribution in [3.05, 3.63) is 42.5 Å². The minimum absolute atomic E-state index is 0.0360. The molecule has 0 bridgehead atoms. The van der Waals surface area contributed by atoms with Crippen molar-refractivity contribution in [2.75, 3.05) is 20.3 Å². The van der Waals surface area contributed by atoms with Gasteiger partial charge in [0, 0.05) is 5.39 Å². The van der Waals surface area contributed by atoms with Gasteiger partial charge in [0.15, 0.2) is 0 Å². The molecule has 3 nitrogen and oxygen atoms in total. The summed E-state index contributed by atoms with van der Waals surface area (Å²) in [7, 11) is 1.82. The largest absolute Gasteiger partial charge is 0.491 e. The molecular weight excluding hydrogens is 226 g/mol. The molecule has 1 atom stereocenters. The van der Waals surface area contributed by atoms with Gasteiger partial charge < -0.3 is 15.2 Å². The van der Waals surface area contributed by atoms with E-state index < -0.39 is 5.54 Å². The van der Waals surface area contributed by atoms with Crippen LogP contribution in [0.3, 0.4) is 0 Å². The van der Waals surface area contributed by atoms with Gasteiger partial charge in [-0.3, -0.25) is 0 Å². The van der Waals surface area contributed by atoms with Gasteiger partial charge in [-0.2, -0.15) is 0 Å². The van der Waals surface area contributed by atoms with Crippen LogP contribution >= 0.6 is 0 Å². The molecule has 3 heteroatoms. The zero-order valence-corrected chi connectivity index (χ0v) is 10.8. The molecule has 0 aromatic heterocycles. The molecule has 0 fully saturated rings. The van der Waals surface area contributed by atoms with Crippen molar-refractivity contribution in [2.24, 2.45) is 0 Å². The van der Waals surface area contributed by atoms with Crippen molar-refractivity contribution in [2.45, 2.75) is 12.5 Å². The van der Waals surface area contributed by atoms with Gasteiger partial charge in [-0.15, -0.1) is 0 Å². The summed E-state index contributed by atoms with van der Waals surface area (Å²) >= 11 is 0. The molecule has 0 saturated carbocycles. The SMILES string of the molecule is CNC(C)(CO)COc1cccc2ccccc12. The topological polar surface area (TPSA) is 41.5 Å². The number of likely N-dealkylation sites (N-methyl/N-ethyl adjacent to an activating group) is 1. The van der Waals surface area contributed by atoms with E-state index in [1.165, 1.54) is 0 Å². The van der Waals surface area contributed by atoms with Crippen LogP contribution in [-0.4, -0.2) is 30.9 Å². The van der Waals surface area contributed by atoms with Crippen LogP contribution in [0.25, 0.3) is 10.8 Å². The number of ether oxygens (including phenoxy) is 1. The minimum atomic E-state index is -0.420. The first-order valence-electron chi connectivity index (χ1n) is 6.09. The van der Waals surface area contributed by atoms with Gasteiger partial charge in [0.1, 0.15) is 12.4 Å². The molecule has 0 aliphatic heterocycles. The number of aliphatic hydroxyl groups excluding tert-OH is 1. The van der Waals surface area contributed by atoms with Crippen LogP contribution in [0.5, 0.6) is 5.75 Å². The second-order valence-corrected chi connectivity index (χ2v) is 4.73. The molecule has 0 aliphatic rings. The Morgan fingerprint density at radius 1 is 1.17 bits per heavy atom. The molecule has 0 radical (unpaired) electrons. The molecule has 2 N–H and O–H groups in total. The molecule has 96 valence electrons. The quantitative estimate of drug-likeness (QED) is 0.848. The Morgan fingerprint density at radius 3 is 2.61 bits per heavy atom. The summed E-state index contributed by atoms with van der Waals surface area (Å²) in [6.45, 7) is 2.39. The first-order chi connectivity index (χ1) is 8.68. The second kappa shape index (κ2) is 5.38. The van der Waals surface area contributed by atoms with E-state index in [1.807, 2.05) is 44.3 Å². The lowest BCUT2D eigenvalue weighted by Gasteiger charge is -2.26. The molecule has 0 amide bonds. The highest BCUT2D eigenvalue weighted by atomic mass is 16.5. The first-order valence-corrected chi connectivity index (χ1v) is 6.09. The number of benzene rings is 2. The van der Waals surface area contributed by atoms with Crippen LogP contribution in [-0.2, 0) is 0 Å². The van der Waals surface area contributed by atoms with Crippen LogP contribution in [0, 0.1) is 0 Å². The molecule has 0 saturated heterocycles. The Bertz CT molecular complexity index is 515. The Kier molecular flexibility index (Phi) is 3.84. The average Bonchev–Trinajstić information content (AvgIpc) is 2.44. The van der Waals surface area contributed by atoms with Crippen molar-refractivity contribution in [1.82, 2.24) is 5.32 Å². The summed E-state index contributed by atoms with van der Waals surface area (Å²) in [6, 6.07) is 14.1. The van der Waals surface area contributed by atoms with Crippen LogP contribution in [0.1, 0.15) is 6.92 Å². The lowest BCUT2D eigenvalue weighted by molar-refractivity contribution is 0.123.